The van der Waals surface area contributed by atoms with Crippen LogP contribution in [0.2, 0.25) is 0 Å². The summed E-state index contributed by atoms with van der Waals surface area (Å²) in [4.78, 5) is 14.0. The zero-order valence-electron chi connectivity index (χ0n) is 10.6. The summed E-state index contributed by atoms with van der Waals surface area (Å²) in [6.07, 6.45) is 0.973. The summed E-state index contributed by atoms with van der Waals surface area (Å²) < 4.78 is 1.05. The van der Waals surface area contributed by atoms with Gasteiger partial charge >= 0.3 is 0 Å². The van der Waals surface area contributed by atoms with Crippen molar-refractivity contribution >= 4 is 28.5 Å². The third-order valence-corrected chi connectivity index (χ3v) is 4.12. The predicted octanol–water partition coefficient (Wildman–Crippen LogP) is 2.28. The number of aryl methyl sites for hydroxylation is 1. The summed E-state index contributed by atoms with van der Waals surface area (Å²) in [7, 11) is 3.78. The highest BCUT2D eigenvalue weighted by molar-refractivity contribution is 14.1. The molecule has 0 heterocycles. The minimum Gasteiger partial charge on any atom is -0.342 e. The molecule has 0 atom stereocenters. The minimum atomic E-state index is 0.106. The van der Waals surface area contributed by atoms with Crippen molar-refractivity contribution < 1.29 is 4.79 Å². The molecule has 0 aliphatic heterocycles. The molecule has 0 radical (unpaired) electrons. The van der Waals surface area contributed by atoms with Gasteiger partial charge < -0.3 is 10.2 Å². The molecule has 0 aliphatic carbocycles. The molecule has 0 fully saturated rings. The van der Waals surface area contributed by atoms with Gasteiger partial charge in [-0.15, -0.1) is 0 Å². The zero-order chi connectivity index (χ0) is 12.8. The van der Waals surface area contributed by atoms with Crippen molar-refractivity contribution in [2.24, 2.45) is 0 Å². The molecular weight excluding hydrogens is 327 g/mol. The average Bonchev–Trinajstić information content (AvgIpc) is 2.32. The second-order valence-electron chi connectivity index (χ2n) is 4.12. The maximum Gasteiger partial charge on any atom is 0.254 e. The Kier molecular flexibility index (Phi) is 5.91. The van der Waals surface area contributed by atoms with E-state index in [1.165, 1.54) is 0 Å². The standard InChI is InChI=1S/C13H19IN2O/c1-10-6-4-7-11(12(10)14)13(17)16(3)9-5-8-15-2/h4,6-7,15H,5,8-9H2,1-3H3. The number of nitrogens with zero attached hydrogens (tertiary/aromatic N) is 1. The molecule has 0 saturated carbocycles. The van der Waals surface area contributed by atoms with Gasteiger partial charge in [0.25, 0.3) is 5.91 Å². The average molecular weight is 346 g/mol. The van der Waals surface area contributed by atoms with Crippen molar-refractivity contribution in [2.45, 2.75) is 13.3 Å². The van der Waals surface area contributed by atoms with E-state index in [2.05, 4.69) is 27.9 Å². The number of amides is 1. The van der Waals surface area contributed by atoms with Gasteiger partial charge in [-0.1, -0.05) is 12.1 Å². The van der Waals surface area contributed by atoms with Gasteiger partial charge in [-0.05, 0) is 61.2 Å². The van der Waals surface area contributed by atoms with E-state index >= 15 is 0 Å². The number of halogens is 1. The molecule has 0 aromatic heterocycles. The third kappa shape index (κ3) is 3.96. The lowest BCUT2D eigenvalue weighted by Crippen LogP contribution is -2.30. The van der Waals surface area contributed by atoms with Gasteiger partial charge in [0.15, 0.2) is 0 Å². The highest BCUT2D eigenvalue weighted by Crippen LogP contribution is 2.18. The number of carbonyl (C=O) groups is 1. The van der Waals surface area contributed by atoms with E-state index in [0.717, 1.165) is 34.2 Å². The maximum absolute atomic E-state index is 12.2. The molecule has 0 unspecified atom stereocenters. The highest BCUT2D eigenvalue weighted by atomic mass is 127. The molecule has 1 rings (SSSR count). The zero-order valence-corrected chi connectivity index (χ0v) is 12.7. The number of nitrogens with one attached hydrogen (secondary N) is 1. The normalized spacial score (nSPS) is 10.4. The molecule has 0 aliphatic rings. The smallest absolute Gasteiger partial charge is 0.254 e. The second kappa shape index (κ2) is 6.96. The van der Waals surface area contributed by atoms with Crippen LogP contribution in [0.15, 0.2) is 18.2 Å². The van der Waals surface area contributed by atoms with Crippen molar-refractivity contribution in [1.82, 2.24) is 10.2 Å². The van der Waals surface area contributed by atoms with Crippen LogP contribution >= 0.6 is 22.6 Å². The fourth-order valence-electron chi connectivity index (χ4n) is 1.61. The van der Waals surface area contributed by atoms with Crippen LogP contribution in [0.25, 0.3) is 0 Å². The van der Waals surface area contributed by atoms with Crippen LogP contribution in [-0.2, 0) is 0 Å². The first-order valence-corrected chi connectivity index (χ1v) is 6.81. The summed E-state index contributed by atoms with van der Waals surface area (Å²) in [6, 6.07) is 5.86. The number of hydrogen-bond acceptors (Lipinski definition) is 2. The summed E-state index contributed by atoms with van der Waals surface area (Å²) >= 11 is 2.24. The van der Waals surface area contributed by atoms with Crippen LogP contribution in [0.5, 0.6) is 0 Å². The van der Waals surface area contributed by atoms with Gasteiger partial charge in [0.2, 0.25) is 0 Å². The van der Waals surface area contributed by atoms with E-state index in [1.54, 1.807) is 4.90 Å². The lowest BCUT2D eigenvalue weighted by Gasteiger charge is -2.18. The van der Waals surface area contributed by atoms with Crippen molar-refractivity contribution in [2.75, 3.05) is 27.2 Å². The van der Waals surface area contributed by atoms with E-state index in [-0.39, 0.29) is 5.91 Å². The van der Waals surface area contributed by atoms with Crippen molar-refractivity contribution in [3.8, 4) is 0 Å². The lowest BCUT2D eigenvalue weighted by molar-refractivity contribution is 0.0792. The van der Waals surface area contributed by atoms with Gasteiger partial charge in [0.05, 0.1) is 5.56 Å². The van der Waals surface area contributed by atoms with Crippen molar-refractivity contribution in [1.29, 1.82) is 0 Å². The van der Waals surface area contributed by atoms with Crippen LogP contribution < -0.4 is 5.32 Å². The first-order valence-electron chi connectivity index (χ1n) is 5.73. The molecule has 17 heavy (non-hydrogen) atoms. The minimum absolute atomic E-state index is 0.106. The Hall–Kier alpha value is -0.620. The molecule has 0 bridgehead atoms. The molecule has 0 saturated heterocycles. The summed E-state index contributed by atoms with van der Waals surface area (Å²) in [5.74, 6) is 0.106. The quantitative estimate of drug-likeness (QED) is 0.655. The SMILES string of the molecule is CNCCCN(C)C(=O)c1cccc(C)c1I. The Labute approximate surface area is 117 Å². The molecule has 1 N–H and O–H groups in total. The predicted molar refractivity (Wildman–Crippen MR) is 79.4 cm³/mol. The molecule has 1 amide bonds. The molecular formula is C13H19IN2O. The van der Waals surface area contributed by atoms with E-state index in [9.17, 15) is 4.79 Å². The fourth-order valence-corrected chi connectivity index (χ4v) is 2.20. The molecule has 4 heteroatoms. The van der Waals surface area contributed by atoms with Crippen LogP contribution in [-0.4, -0.2) is 38.0 Å². The molecule has 94 valence electrons. The monoisotopic (exact) mass is 346 g/mol. The Balaban J connectivity index is 2.71. The Morgan fingerprint density at radius 2 is 2.18 bits per heavy atom. The van der Waals surface area contributed by atoms with E-state index in [4.69, 9.17) is 0 Å². The Morgan fingerprint density at radius 1 is 1.47 bits per heavy atom. The number of carbonyl (C=O) groups excluding carboxylic acids is 1. The van der Waals surface area contributed by atoms with Crippen molar-refractivity contribution in [3.05, 3.63) is 32.9 Å². The maximum atomic E-state index is 12.2. The summed E-state index contributed by atoms with van der Waals surface area (Å²) in [5.41, 5.74) is 1.96. The molecule has 1 aromatic rings. The molecule has 3 nitrogen and oxygen atoms in total. The van der Waals surface area contributed by atoms with Gasteiger partial charge in [0, 0.05) is 17.2 Å². The van der Waals surface area contributed by atoms with Gasteiger partial charge in [0.1, 0.15) is 0 Å². The van der Waals surface area contributed by atoms with E-state index < -0.39 is 0 Å². The van der Waals surface area contributed by atoms with Crippen LogP contribution in [0.4, 0.5) is 0 Å². The van der Waals surface area contributed by atoms with Gasteiger partial charge in [-0.2, -0.15) is 0 Å². The summed E-state index contributed by atoms with van der Waals surface area (Å²) in [5, 5.41) is 3.08. The number of hydrogen-bond donors (Lipinski definition) is 1. The van der Waals surface area contributed by atoms with Gasteiger partial charge in [-0.3, -0.25) is 4.79 Å². The first-order chi connectivity index (χ1) is 8.07. The Morgan fingerprint density at radius 3 is 2.82 bits per heavy atom. The Bertz CT molecular complexity index is 393. The van der Waals surface area contributed by atoms with Crippen LogP contribution in [0.3, 0.4) is 0 Å². The summed E-state index contributed by atoms with van der Waals surface area (Å²) in [6.45, 7) is 3.74. The highest BCUT2D eigenvalue weighted by Gasteiger charge is 2.14. The third-order valence-electron chi connectivity index (χ3n) is 2.69. The van der Waals surface area contributed by atoms with E-state index in [0.29, 0.717) is 0 Å². The van der Waals surface area contributed by atoms with E-state index in [1.807, 2.05) is 39.2 Å². The second-order valence-corrected chi connectivity index (χ2v) is 5.20. The number of rotatable bonds is 5. The van der Waals surface area contributed by atoms with Crippen LogP contribution in [0, 0.1) is 10.5 Å². The van der Waals surface area contributed by atoms with Crippen LogP contribution in [0.1, 0.15) is 22.3 Å². The number of benzene rings is 1. The first kappa shape index (κ1) is 14.4. The molecule has 0 spiro atoms. The van der Waals surface area contributed by atoms with Crippen molar-refractivity contribution in [3.63, 3.8) is 0 Å². The fraction of sp³-hybridized carbons (Fsp3) is 0.462. The largest absolute Gasteiger partial charge is 0.342 e. The topological polar surface area (TPSA) is 32.3 Å². The molecule has 1 aromatic carbocycles. The van der Waals surface area contributed by atoms with Gasteiger partial charge in [-0.25, -0.2) is 0 Å². The lowest BCUT2D eigenvalue weighted by atomic mass is 10.1.